The van der Waals surface area contributed by atoms with Crippen LogP contribution in [0.15, 0.2) is 66.2 Å². The number of benzene rings is 2. The van der Waals surface area contributed by atoms with Gasteiger partial charge >= 0.3 is 12.1 Å². The van der Waals surface area contributed by atoms with Crippen LogP contribution in [0.2, 0.25) is 0 Å². The monoisotopic (exact) mass is 1400 g/mol. The zero-order chi connectivity index (χ0) is 72.4. The minimum atomic E-state index is -1.59. The van der Waals surface area contributed by atoms with E-state index >= 15 is 0 Å². The molecule has 0 bridgehead atoms. The largest absolute Gasteiger partial charge is 0.445 e. The Morgan fingerprint density at radius 1 is 0.816 bits per heavy atom. The van der Waals surface area contributed by atoms with E-state index in [1.54, 1.807) is 82.1 Å². The van der Waals surface area contributed by atoms with Crippen LogP contribution in [0.4, 0.5) is 15.3 Å². The lowest BCUT2D eigenvalue weighted by atomic mass is 9.89. The van der Waals surface area contributed by atoms with Crippen molar-refractivity contribution in [3.05, 3.63) is 82.3 Å². The average Bonchev–Trinajstić information content (AvgIpc) is 1.32. The molecule has 1 aromatic heterocycles. The molecular formula is C70H106N12O14S2. The molecule has 28 heteroatoms. The number of primary amides is 1. The molecule has 2 aliphatic rings. The number of anilines is 1. The number of rotatable bonds is 40. The quantitative estimate of drug-likeness (QED) is 0.0215. The Balaban J connectivity index is 1.14. The van der Waals surface area contributed by atoms with Gasteiger partial charge in [0.25, 0.3) is 0 Å². The van der Waals surface area contributed by atoms with Crippen molar-refractivity contribution in [3.8, 4) is 0 Å². The van der Waals surface area contributed by atoms with Gasteiger partial charge in [0.1, 0.15) is 35.3 Å². The fourth-order valence-corrected chi connectivity index (χ4v) is 13.9. The first kappa shape index (κ1) is 81.0. The molecule has 9 N–H and O–H groups in total. The predicted molar refractivity (Wildman–Crippen MR) is 376 cm³/mol. The van der Waals surface area contributed by atoms with Gasteiger partial charge in [-0.15, -0.1) is 23.1 Å². The Kier molecular flexibility index (Phi) is 32.9. The van der Waals surface area contributed by atoms with Gasteiger partial charge in [0.05, 0.1) is 47.9 Å². The first-order valence-electron chi connectivity index (χ1n) is 34.2. The van der Waals surface area contributed by atoms with Crippen LogP contribution in [0.5, 0.6) is 0 Å². The molecule has 12 amide bonds. The van der Waals surface area contributed by atoms with Crippen molar-refractivity contribution in [3.63, 3.8) is 0 Å². The second kappa shape index (κ2) is 39.8. The summed E-state index contributed by atoms with van der Waals surface area (Å²) in [5.41, 5.74) is 5.56. The van der Waals surface area contributed by atoms with Gasteiger partial charge in [0.15, 0.2) is 0 Å². The Morgan fingerprint density at radius 2 is 1.51 bits per heavy atom. The van der Waals surface area contributed by atoms with Gasteiger partial charge in [-0.05, 0) is 106 Å². The number of thiazole rings is 1. The van der Waals surface area contributed by atoms with Crippen molar-refractivity contribution < 1.29 is 67.0 Å². The predicted octanol–water partition coefficient (Wildman–Crippen LogP) is 6.76. The number of nitrogens with one attached hydrogen (secondary N) is 7. The van der Waals surface area contributed by atoms with Crippen molar-refractivity contribution in [1.29, 1.82) is 0 Å². The highest BCUT2D eigenvalue weighted by Crippen LogP contribution is 2.32. The molecule has 98 heavy (non-hydrogen) atoms. The number of thioether (sulfide) groups is 1. The van der Waals surface area contributed by atoms with E-state index in [9.17, 15) is 52.7 Å². The Labute approximate surface area is 585 Å². The van der Waals surface area contributed by atoms with Gasteiger partial charge < -0.3 is 67.0 Å². The molecule has 0 aliphatic carbocycles. The second-order valence-corrected chi connectivity index (χ2v) is 28.9. The highest BCUT2D eigenvalue weighted by molar-refractivity contribution is 8.00. The number of nitrogens with zero attached hydrogens (tertiary/aromatic N) is 4. The van der Waals surface area contributed by atoms with Crippen LogP contribution in [0.3, 0.4) is 0 Å². The number of imide groups is 1. The Bertz CT molecular complexity index is 3120. The number of alkyl carbamates (subject to hydrolysis) is 1. The normalized spacial score (nSPS) is 17.5. The minimum absolute atomic E-state index is 0.0785. The van der Waals surface area contributed by atoms with Crippen LogP contribution in [0, 0.1) is 23.7 Å². The van der Waals surface area contributed by atoms with Crippen LogP contribution >= 0.6 is 23.1 Å². The fourth-order valence-electron chi connectivity index (χ4n) is 12.3. The topological polar surface area (TPSA) is 348 Å². The van der Waals surface area contributed by atoms with Crippen LogP contribution < -0.4 is 43.0 Å². The summed E-state index contributed by atoms with van der Waals surface area (Å²) >= 11 is 2.92. The van der Waals surface area contributed by atoms with E-state index in [0.717, 1.165) is 16.3 Å². The maximum Gasteiger partial charge on any atom is 0.408 e. The molecule has 1 unspecified atom stereocenters. The van der Waals surface area contributed by atoms with Gasteiger partial charge in [-0.25, -0.2) is 14.6 Å². The van der Waals surface area contributed by atoms with Crippen LogP contribution in [0.1, 0.15) is 162 Å². The zero-order valence-corrected chi connectivity index (χ0v) is 60.9. The van der Waals surface area contributed by atoms with Crippen molar-refractivity contribution in [2.75, 3.05) is 52.0 Å². The number of hydrogen-bond acceptors (Lipinski definition) is 17. The molecular weight excluding hydrogens is 1300 g/mol. The third-order valence-corrected chi connectivity index (χ3v) is 20.1. The number of unbranched alkanes of at least 4 members (excludes halogenated alkanes) is 2. The van der Waals surface area contributed by atoms with Crippen LogP contribution in [-0.4, -0.2) is 185 Å². The molecule has 2 aliphatic heterocycles. The van der Waals surface area contributed by atoms with E-state index in [1.807, 2.05) is 63.4 Å². The summed E-state index contributed by atoms with van der Waals surface area (Å²) in [5, 5.41) is 21.8. The highest BCUT2D eigenvalue weighted by Gasteiger charge is 2.45. The lowest BCUT2D eigenvalue weighted by Crippen LogP contribution is -2.62. The van der Waals surface area contributed by atoms with Gasteiger partial charge in [0.2, 0.25) is 53.2 Å². The first-order valence-corrected chi connectivity index (χ1v) is 36.1. The number of carbonyl (C=O) groups excluding carboxylic acids is 11. The lowest BCUT2D eigenvalue weighted by molar-refractivity contribution is -0.148. The first-order chi connectivity index (χ1) is 46.5. The summed E-state index contributed by atoms with van der Waals surface area (Å²) in [5.74, 6) is -4.33. The minimum Gasteiger partial charge on any atom is -0.445 e. The molecule has 0 spiro atoms. The molecule has 0 radical (unpaired) electrons. The maximum absolute atomic E-state index is 14.7. The van der Waals surface area contributed by atoms with Crippen LogP contribution in [0.25, 0.3) is 0 Å². The molecule has 11 atom stereocenters. The summed E-state index contributed by atoms with van der Waals surface area (Å²) in [6, 6.07) is 10.9. The van der Waals surface area contributed by atoms with Gasteiger partial charge in [0, 0.05) is 71.0 Å². The maximum atomic E-state index is 14.7. The third-order valence-electron chi connectivity index (χ3n) is 18.1. The Hall–Kier alpha value is -7.69. The third kappa shape index (κ3) is 24.0. The lowest BCUT2D eigenvalue weighted by Gasteiger charge is -2.41. The summed E-state index contributed by atoms with van der Waals surface area (Å²) in [6.07, 6.45) is 3.99. The summed E-state index contributed by atoms with van der Waals surface area (Å²) in [6.45, 7) is 18.4. The van der Waals surface area contributed by atoms with E-state index in [1.165, 1.54) is 49.0 Å². The molecule has 2 saturated heterocycles. The number of hydrogen-bond donors (Lipinski definition) is 8. The van der Waals surface area contributed by atoms with Gasteiger partial charge in [-0.2, -0.15) is 0 Å². The number of likely N-dealkylation sites (tertiary alicyclic amines) is 2. The van der Waals surface area contributed by atoms with Gasteiger partial charge in [-0.3, -0.25) is 48.1 Å². The summed E-state index contributed by atoms with van der Waals surface area (Å²) in [4.78, 5) is 157. The van der Waals surface area contributed by atoms with Crippen LogP contribution in [-0.2, 0) is 70.4 Å². The second-order valence-electron chi connectivity index (χ2n) is 26.5. The Morgan fingerprint density at radius 3 is 2.12 bits per heavy atom. The van der Waals surface area contributed by atoms with Crippen molar-refractivity contribution in [1.82, 2.24) is 51.6 Å². The molecule has 3 heterocycles. The van der Waals surface area contributed by atoms with Crippen molar-refractivity contribution in [2.24, 2.45) is 29.4 Å². The number of urea groups is 1. The number of aromatic nitrogens is 1. The molecule has 2 fully saturated rings. The highest BCUT2D eigenvalue weighted by atomic mass is 32.2. The fraction of sp³-hybridized carbons (Fsp3) is 0.629. The zero-order valence-electron chi connectivity index (χ0n) is 59.3. The number of methoxy groups -OCH3 is 2. The smallest absolute Gasteiger partial charge is 0.408 e. The van der Waals surface area contributed by atoms with Crippen molar-refractivity contribution in [2.45, 2.75) is 212 Å². The molecule has 5 rings (SSSR count). The molecule has 26 nitrogen and oxygen atoms in total. The molecule has 2 aromatic carbocycles. The number of likely N-dealkylation sites (N-methyl/N-ethyl adjacent to an activating group) is 1. The number of carbonyl (C=O) groups is 11. The summed E-state index contributed by atoms with van der Waals surface area (Å²) in [7, 11) is 4.69. The van der Waals surface area contributed by atoms with E-state index in [-0.39, 0.29) is 104 Å². The number of amides is 12. The molecule has 542 valence electrons. The van der Waals surface area contributed by atoms with E-state index in [2.05, 4.69) is 42.2 Å². The molecule has 3 aromatic rings. The van der Waals surface area contributed by atoms with E-state index in [0.29, 0.717) is 62.7 Å². The standard InChI is InChI=1S/C70H106N12O14S2/c1-14-44(7)59(52(94-12)39-55(84)81-36-23-27-51(81)60(95-13)45(8)61(86)76-50(64-72-34-37-98-64)38-46-24-18-16-19-25-46)80(11)66(90)58(43(5)6)78-67(91)70(9,10)79-69(93)96-41-47-29-31-48(32-30-47)74-62(87)49(26-22-33-73-68(71)92)75-63(88)57(42(3)4)77-54(83)28-20-17-21-35-82-56(85)40-53(65(82)89)97-15-2/h16,18-19,24-25,29-32,34,37,42-45,49-53,57-60H,14-15,17,20-23,26-28,33,35-36,38-41H2,1-13H3,(H,74,87)(H,75,88)(H,76,86)(H,77,83)(H,78,91)(H,79,93)(H3,71,73,92)/t44-,45+,49-,50-,51-,52+,53?,57-,58-,59-,60+/m0/s1. The van der Waals surface area contributed by atoms with Crippen molar-refractivity contribution >= 4 is 94.1 Å². The number of ether oxygens (including phenoxy) is 3. The molecule has 0 saturated carbocycles. The van der Waals surface area contributed by atoms with E-state index < -0.39 is 95.5 Å². The van der Waals surface area contributed by atoms with E-state index in [4.69, 9.17) is 19.9 Å². The SMILES string of the molecule is CCSC1CC(=O)N(CCCCCC(=O)N[C@H](C(=O)N[C@@H](CCCNC(N)=O)C(=O)Nc2ccc(COC(=O)NC(C)(C)C(=O)N[C@H](C(=O)N(C)[C@@H]([C@@H](C)CC)[C@@H](CC(=O)N3CCC[C@H]3[C@H](OC)[C@@H](C)C(=O)N[C@@H](Cc3ccccc3)c3nccs3)OC)C(C)C)cc2)C(C)C)C1=O. The number of nitrogens with two attached hydrogens (primary N) is 1. The summed E-state index contributed by atoms with van der Waals surface area (Å²) < 4.78 is 17.7. The van der Waals surface area contributed by atoms with Gasteiger partial charge in [-0.1, -0.05) is 111 Å². The average molecular weight is 1400 g/mol.